The summed E-state index contributed by atoms with van der Waals surface area (Å²) in [7, 11) is 0. The van der Waals surface area contributed by atoms with E-state index >= 15 is 0 Å². The minimum atomic E-state index is 0. The molecule has 0 saturated carbocycles. The molecule has 68 valence electrons. The van der Waals surface area contributed by atoms with Gasteiger partial charge in [-0.2, -0.15) is 0 Å². The fraction of sp³-hybridized carbons (Fsp3) is 0.778. The van der Waals surface area contributed by atoms with Crippen molar-refractivity contribution < 1.29 is 0 Å². The van der Waals surface area contributed by atoms with Crippen molar-refractivity contribution >= 4 is 12.4 Å². The number of rotatable bonds is 6. The number of unbranched alkanes of at least 4 members (excludes halogenated alkanes) is 2. The molecule has 1 N–H and O–H groups in total. The molecule has 0 aliphatic heterocycles. The molecule has 0 rings (SSSR count). The van der Waals surface area contributed by atoms with E-state index in [9.17, 15) is 0 Å². The van der Waals surface area contributed by atoms with Crippen molar-refractivity contribution in [1.29, 1.82) is 0 Å². The summed E-state index contributed by atoms with van der Waals surface area (Å²) in [6, 6.07) is 0. The molecule has 0 unspecified atom stereocenters. The first-order valence-corrected chi connectivity index (χ1v) is 4.12. The lowest BCUT2D eigenvalue weighted by Gasteiger charge is -2.01. The summed E-state index contributed by atoms with van der Waals surface area (Å²) in [6.45, 7) is 10.2. The molecule has 0 aliphatic carbocycles. The molecule has 0 heterocycles. The molecule has 0 spiro atoms. The Morgan fingerprint density at radius 3 is 2.45 bits per heavy atom. The summed E-state index contributed by atoms with van der Waals surface area (Å²) in [5.41, 5.74) is 1.22. The zero-order valence-electron chi connectivity index (χ0n) is 7.65. The number of nitrogens with one attached hydrogen (secondary N) is 1. The Labute approximate surface area is 76.7 Å². The largest absolute Gasteiger partial charge is 0.313 e. The van der Waals surface area contributed by atoms with Gasteiger partial charge in [-0.3, -0.25) is 0 Å². The van der Waals surface area contributed by atoms with Crippen LogP contribution < -0.4 is 5.32 Å². The third-order valence-corrected chi connectivity index (χ3v) is 1.38. The molecule has 11 heavy (non-hydrogen) atoms. The van der Waals surface area contributed by atoms with Crippen molar-refractivity contribution in [1.82, 2.24) is 5.32 Å². The number of hydrogen-bond donors (Lipinski definition) is 1. The molecule has 0 aromatic carbocycles. The molecule has 0 aliphatic rings. The second-order valence-corrected chi connectivity index (χ2v) is 2.84. The normalized spacial score (nSPS) is 8.91. The summed E-state index contributed by atoms with van der Waals surface area (Å²) in [6.07, 6.45) is 3.93. The van der Waals surface area contributed by atoms with Crippen molar-refractivity contribution in [2.45, 2.75) is 33.1 Å². The first kappa shape index (κ1) is 13.6. The van der Waals surface area contributed by atoms with Crippen LogP contribution in [0.2, 0.25) is 0 Å². The smallest absolute Gasteiger partial charge is 0.0159 e. The van der Waals surface area contributed by atoms with Crippen molar-refractivity contribution in [2.24, 2.45) is 0 Å². The van der Waals surface area contributed by atoms with Crippen LogP contribution in [0.4, 0.5) is 0 Å². The average Bonchev–Trinajstić information content (AvgIpc) is 1.87. The van der Waals surface area contributed by atoms with Gasteiger partial charge in [-0.25, -0.2) is 0 Å². The zero-order valence-corrected chi connectivity index (χ0v) is 8.47. The molecular formula is C9H20ClN. The highest BCUT2D eigenvalue weighted by atomic mass is 35.5. The summed E-state index contributed by atoms with van der Waals surface area (Å²) < 4.78 is 0. The Bertz CT molecular complexity index is 91.6. The van der Waals surface area contributed by atoms with Gasteiger partial charge in [0.2, 0.25) is 0 Å². The molecule has 0 aromatic rings. The predicted molar refractivity (Wildman–Crippen MR) is 54.5 cm³/mol. The SMILES string of the molecule is C=C(C)CNCCCCC.Cl. The second kappa shape index (κ2) is 9.99. The van der Waals surface area contributed by atoms with E-state index in [1.165, 1.54) is 24.8 Å². The fourth-order valence-corrected chi connectivity index (χ4v) is 0.802. The maximum Gasteiger partial charge on any atom is 0.0159 e. The van der Waals surface area contributed by atoms with Gasteiger partial charge in [0, 0.05) is 6.54 Å². The highest BCUT2D eigenvalue weighted by Crippen LogP contribution is 1.91. The van der Waals surface area contributed by atoms with Crippen LogP contribution in [0.15, 0.2) is 12.2 Å². The minimum absolute atomic E-state index is 0. The first-order valence-electron chi connectivity index (χ1n) is 4.12. The molecule has 0 radical (unpaired) electrons. The highest BCUT2D eigenvalue weighted by molar-refractivity contribution is 5.85. The molecular weight excluding hydrogens is 158 g/mol. The van der Waals surface area contributed by atoms with Gasteiger partial charge in [-0.1, -0.05) is 31.9 Å². The average molecular weight is 178 g/mol. The van der Waals surface area contributed by atoms with Crippen LogP contribution in [-0.4, -0.2) is 13.1 Å². The number of hydrogen-bond acceptors (Lipinski definition) is 1. The van der Waals surface area contributed by atoms with Gasteiger partial charge < -0.3 is 5.32 Å². The summed E-state index contributed by atoms with van der Waals surface area (Å²) in [5, 5.41) is 3.32. The van der Waals surface area contributed by atoms with Crippen LogP contribution in [0.3, 0.4) is 0 Å². The van der Waals surface area contributed by atoms with E-state index in [-0.39, 0.29) is 12.4 Å². The molecule has 0 aromatic heterocycles. The van der Waals surface area contributed by atoms with E-state index in [1.807, 2.05) is 6.92 Å². The second-order valence-electron chi connectivity index (χ2n) is 2.84. The monoisotopic (exact) mass is 177 g/mol. The maximum atomic E-state index is 3.81. The molecule has 2 heteroatoms. The third-order valence-electron chi connectivity index (χ3n) is 1.38. The minimum Gasteiger partial charge on any atom is -0.313 e. The molecule has 0 bridgehead atoms. The highest BCUT2D eigenvalue weighted by Gasteiger charge is 1.86. The van der Waals surface area contributed by atoms with Crippen LogP contribution >= 0.6 is 12.4 Å². The van der Waals surface area contributed by atoms with Crippen LogP contribution in [0.1, 0.15) is 33.1 Å². The van der Waals surface area contributed by atoms with Gasteiger partial charge in [-0.15, -0.1) is 12.4 Å². The molecule has 0 atom stereocenters. The molecule has 0 saturated heterocycles. The van der Waals surface area contributed by atoms with E-state index in [2.05, 4.69) is 18.8 Å². The van der Waals surface area contributed by atoms with Crippen molar-refractivity contribution in [3.8, 4) is 0 Å². The standard InChI is InChI=1S/C9H19N.ClH/c1-4-5-6-7-10-8-9(2)3;/h10H,2,4-8H2,1,3H3;1H. The Morgan fingerprint density at radius 1 is 1.36 bits per heavy atom. The van der Waals surface area contributed by atoms with E-state index in [4.69, 9.17) is 0 Å². The van der Waals surface area contributed by atoms with Crippen LogP contribution in [0, 0.1) is 0 Å². The molecule has 0 fully saturated rings. The lowest BCUT2D eigenvalue weighted by atomic mass is 10.2. The fourth-order valence-electron chi connectivity index (χ4n) is 0.802. The molecule has 1 nitrogen and oxygen atoms in total. The Kier molecular flexibility index (Phi) is 12.3. The zero-order chi connectivity index (χ0) is 7.82. The Balaban J connectivity index is 0. The van der Waals surface area contributed by atoms with Crippen LogP contribution in [-0.2, 0) is 0 Å². The summed E-state index contributed by atoms with van der Waals surface area (Å²) in [4.78, 5) is 0. The quantitative estimate of drug-likeness (QED) is 0.486. The van der Waals surface area contributed by atoms with Crippen LogP contribution in [0.25, 0.3) is 0 Å². The third kappa shape index (κ3) is 13.1. The van der Waals surface area contributed by atoms with E-state index in [1.54, 1.807) is 0 Å². The first-order chi connectivity index (χ1) is 4.77. The Hall–Kier alpha value is -0.0100. The van der Waals surface area contributed by atoms with Gasteiger partial charge >= 0.3 is 0 Å². The van der Waals surface area contributed by atoms with Crippen molar-refractivity contribution in [3.63, 3.8) is 0 Å². The van der Waals surface area contributed by atoms with E-state index in [0.29, 0.717) is 0 Å². The van der Waals surface area contributed by atoms with Crippen molar-refractivity contribution in [3.05, 3.63) is 12.2 Å². The predicted octanol–water partition coefficient (Wildman–Crippen LogP) is 2.76. The van der Waals surface area contributed by atoms with Crippen LogP contribution in [0.5, 0.6) is 0 Å². The van der Waals surface area contributed by atoms with Crippen molar-refractivity contribution in [2.75, 3.05) is 13.1 Å². The summed E-state index contributed by atoms with van der Waals surface area (Å²) >= 11 is 0. The molecule has 0 amide bonds. The lowest BCUT2D eigenvalue weighted by Crippen LogP contribution is -2.16. The lowest BCUT2D eigenvalue weighted by molar-refractivity contribution is 0.640. The van der Waals surface area contributed by atoms with Gasteiger partial charge in [0.05, 0.1) is 0 Å². The van der Waals surface area contributed by atoms with Gasteiger partial charge in [-0.05, 0) is 19.9 Å². The van der Waals surface area contributed by atoms with Gasteiger partial charge in [0.25, 0.3) is 0 Å². The van der Waals surface area contributed by atoms with Gasteiger partial charge in [0.1, 0.15) is 0 Å². The van der Waals surface area contributed by atoms with Gasteiger partial charge in [0.15, 0.2) is 0 Å². The Morgan fingerprint density at radius 2 is 2.00 bits per heavy atom. The number of halogens is 1. The topological polar surface area (TPSA) is 12.0 Å². The van der Waals surface area contributed by atoms with E-state index in [0.717, 1.165) is 13.1 Å². The summed E-state index contributed by atoms with van der Waals surface area (Å²) in [5.74, 6) is 0. The maximum absolute atomic E-state index is 3.81. The van der Waals surface area contributed by atoms with E-state index < -0.39 is 0 Å².